The van der Waals surface area contributed by atoms with Crippen molar-refractivity contribution in [1.82, 2.24) is 9.97 Å². The zero-order valence-electron chi connectivity index (χ0n) is 9.61. The first-order valence-corrected chi connectivity index (χ1v) is 6.10. The summed E-state index contributed by atoms with van der Waals surface area (Å²) in [7, 11) is 0. The van der Waals surface area contributed by atoms with Gasteiger partial charge in [0.2, 0.25) is 0 Å². The minimum atomic E-state index is -1.03. The molecule has 0 saturated carbocycles. The maximum absolute atomic E-state index is 11.9. The summed E-state index contributed by atoms with van der Waals surface area (Å²) in [5.74, 6) is -0.980. The zero-order chi connectivity index (χ0) is 13.7. The van der Waals surface area contributed by atoms with E-state index in [2.05, 4.69) is 15.3 Å². The number of aromatic nitrogens is 2. The maximum Gasteiger partial charge on any atom is 0.328 e. The fraction of sp³-hybridized carbons (Fsp3) is 0. The van der Waals surface area contributed by atoms with E-state index in [1.165, 1.54) is 36.0 Å². The molecule has 1 amide bonds. The van der Waals surface area contributed by atoms with Crippen molar-refractivity contribution in [2.75, 3.05) is 5.32 Å². The first kappa shape index (κ1) is 12.9. The highest BCUT2D eigenvalue weighted by Gasteiger charge is 2.08. The van der Waals surface area contributed by atoms with E-state index in [0.717, 1.165) is 6.08 Å². The smallest absolute Gasteiger partial charge is 0.328 e. The number of nitrogens with zero attached hydrogens (tertiary/aromatic N) is 2. The summed E-state index contributed by atoms with van der Waals surface area (Å²) in [6, 6.07) is 1.61. The van der Waals surface area contributed by atoms with E-state index in [1.54, 1.807) is 11.4 Å². The van der Waals surface area contributed by atoms with E-state index in [4.69, 9.17) is 5.11 Å². The first-order chi connectivity index (χ1) is 9.15. The number of nitrogens with one attached hydrogen (secondary N) is 1. The van der Waals surface area contributed by atoms with Gasteiger partial charge in [-0.05, 0) is 12.1 Å². The Balaban J connectivity index is 2.06. The fourth-order valence-electron chi connectivity index (χ4n) is 1.26. The Hall–Kier alpha value is -2.54. The lowest BCUT2D eigenvalue weighted by molar-refractivity contribution is -0.131. The van der Waals surface area contributed by atoms with Crippen LogP contribution in [0.25, 0.3) is 6.08 Å². The fourth-order valence-corrected chi connectivity index (χ4v) is 2.04. The zero-order valence-corrected chi connectivity index (χ0v) is 10.4. The molecule has 2 heterocycles. The van der Waals surface area contributed by atoms with Crippen molar-refractivity contribution in [1.29, 1.82) is 0 Å². The van der Waals surface area contributed by atoms with Gasteiger partial charge in [0.15, 0.2) is 5.82 Å². The van der Waals surface area contributed by atoms with Crippen LogP contribution in [0, 0.1) is 0 Å². The quantitative estimate of drug-likeness (QED) is 0.831. The van der Waals surface area contributed by atoms with Crippen LogP contribution in [0.2, 0.25) is 0 Å². The van der Waals surface area contributed by atoms with E-state index in [-0.39, 0.29) is 5.91 Å². The first-order valence-electron chi connectivity index (χ1n) is 5.22. The average Bonchev–Trinajstić information content (AvgIpc) is 2.86. The van der Waals surface area contributed by atoms with Crippen molar-refractivity contribution in [3.63, 3.8) is 0 Å². The molecule has 2 aromatic heterocycles. The number of hydrogen-bond donors (Lipinski definition) is 2. The molecule has 0 aliphatic rings. The molecule has 2 N–H and O–H groups in total. The number of aliphatic carboxylic acids is 1. The molecule has 2 rings (SSSR count). The molecule has 0 unspecified atom stereocenters. The maximum atomic E-state index is 11.9. The molecule has 0 fully saturated rings. The molecule has 0 aromatic carbocycles. The molecule has 96 valence electrons. The normalized spacial score (nSPS) is 10.5. The van der Waals surface area contributed by atoms with Gasteiger partial charge >= 0.3 is 5.97 Å². The highest BCUT2D eigenvalue weighted by Crippen LogP contribution is 2.17. The molecule has 0 spiro atoms. The molecule has 0 aliphatic heterocycles. The lowest BCUT2D eigenvalue weighted by Crippen LogP contribution is -2.11. The SMILES string of the molecule is O=C(O)C=Cc1cc(C(=O)Nc2cnccn2)cs1. The molecule has 6 nitrogen and oxygen atoms in total. The molecular weight excluding hydrogens is 266 g/mol. The van der Waals surface area contributed by atoms with Crippen LogP contribution in [0.1, 0.15) is 15.2 Å². The number of rotatable bonds is 4. The predicted molar refractivity (Wildman–Crippen MR) is 71.0 cm³/mol. The number of anilines is 1. The van der Waals surface area contributed by atoms with Gasteiger partial charge in [0.1, 0.15) is 0 Å². The Kier molecular flexibility index (Phi) is 3.99. The highest BCUT2D eigenvalue weighted by molar-refractivity contribution is 7.11. The largest absolute Gasteiger partial charge is 0.478 e. The topological polar surface area (TPSA) is 92.2 Å². The predicted octanol–water partition coefficient (Wildman–Crippen LogP) is 1.89. The number of carboxylic acids is 1. The summed E-state index contributed by atoms with van der Waals surface area (Å²) in [6.45, 7) is 0. The third kappa shape index (κ3) is 3.71. The Morgan fingerprint density at radius 3 is 2.89 bits per heavy atom. The van der Waals surface area contributed by atoms with Gasteiger partial charge in [-0.25, -0.2) is 9.78 Å². The van der Waals surface area contributed by atoms with Crippen LogP contribution in [-0.2, 0) is 4.79 Å². The molecule has 0 radical (unpaired) electrons. The molecule has 0 bridgehead atoms. The van der Waals surface area contributed by atoms with Crippen molar-refractivity contribution in [2.24, 2.45) is 0 Å². The van der Waals surface area contributed by atoms with E-state index in [0.29, 0.717) is 16.3 Å². The van der Waals surface area contributed by atoms with Gasteiger partial charge in [0.05, 0.1) is 11.8 Å². The van der Waals surface area contributed by atoms with Crippen LogP contribution < -0.4 is 5.32 Å². The Labute approximate surface area is 112 Å². The van der Waals surface area contributed by atoms with E-state index < -0.39 is 5.97 Å². The van der Waals surface area contributed by atoms with E-state index in [1.807, 2.05) is 0 Å². The lowest BCUT2D eigenvalue weighted by Gasteiger charge is -2.00. The second kappa shape index (κ2) is 5.87. The summed E-state index contributed by atoms with van der Waals surface area (Å²) in [6.07, 6.45) is 6.89. The van der Waals surface area contributed by atoms with Crippen LogP contribution in [0.5, 0.6) is 0 Å². The van der Waals surface area contributed by atoms with E-state index in [9.17, 15) is 9.59 Å². The summed E-state index contributed by atoms with van der Waals surface area (Å²) < 4.78 is 0. The van der Waals surface area contributed by atoms with Gasteiger partial charge < -0.3 is 10.4 Å². The van der Waals surface area contributed by atoms with Crippen molar-refractivity contribution >= 4 is 35.1 Å². The Bertz CT molecular complexity index is 622. The third-order valence-corrected chi connectivity index (χ3v) is 2.97. The van der Waals surface area contributed by atoms with Crippen LogP contribution in [0.15, 0.2) is 36.1 Å². The van der Waals surface area contributed by atoms with E-state index >= 15 is 0 Å². The van der Waals surface area contributed by atoms with Crippen molar-refractivity contribution < 1.29 is 14.7 Å². The molecule has 19 heavy (non-hydrogen) atoms. The molecule has 0 atom stereocenters. The van der Waals surface area contributed by atoms with Crippen LogP contribution in [-0.4, -0.2) is 27.0 Å². The van der Waals surface area contributed by atoms with Crippen molar-refractivity contribution in [3.05, 3.63) is 46.6 Å². The molecular formula is C12H9N3O3S. The number of thiophene rings is 1. The minimum Gasteiger partial charge on any atom is -0.478 e. The van der Waals surface area contributed by atoms with Gasteiger partial charge in [-0.1, -0.05) is 0 Å². The van der Waals surface area contributed by atoms with Crippen LogP contribution >= 0.6 is 11.3 Å². The number of carbonyl (C=O) groups is 2. The van der Waals surface area contributed by atoms with Crippen molar-refractivity contribution in [2.45, 2.75) is 0 Å². The summed E-state index contributed by atoms with van der Waals surface area (Å²) in [5, 5.41) is 12.7. The average molecular weight is 275 g/mol. The number of amides is 1. The Morgan fingerprint density at radius 1 is 1.37 bits per heavy atom. The lowest BCUT2D eigenvalue weighted by atomic mass is 10.3. The minimum absolute atomic E-state index is 0.313. The molecule has 0 aliphatic carbocycles. The van der Waals surface area contributed by atoms with Crippen LogP contribution in [0.4, 0.5) is 5.82 Å². The van der Waals surface area contributed by atoms with Gasteiger partial charge in [0.25, 0.3) is 5.91 Å². The number of carbonyl (C=O) groups excluding carboxylic acids is 1. The number of hydrogen-bond acceptors (Lipinski definition) is 5. The third-order valence-electron chi connectivity index (χ3n) is 2.08. The summed E-state index contributed by atoms with van der Waals surface area (Å²) in [5.41, 5.74) is 0.445. The second-order valence-electron chi connectivity index (χ2n) is 3.45. The van der Waals surface area contributed by atoms with Gasteiger partial charge in [0, 0.05) is 28.7 Å². The molecule has 7 heteroatoms. The van der Waals surface area contributed by atoms with Crippen molar-refractivity contribution in [3.8, 4) is 0 Å². The standard InChI is InChI=1S/C12H9N3O3S/c16-11(17)2-1-9-5-8(7-19-9)12(18)15-10-6-13-3-4-14-10/h1-7H,(H,16,17)(H,14,15,18). The highest BCUT2D eigenvalue weighted by atomic mass is 32.1. The monoisotopic (exact) mass is 275 g/mol. The molecule has 0 saturated heterocycles. The second-order valence-corrected chi connectivity index (χ2v) is 4.40. The Morgan fingerprint density at radius 2 is 2.21 bits per heavy atom. The summed E-state index contributed by atoms with van der Waals surface area (Å²) >= 11 is 1.28. The summed E-state index contributed by atoms with van der Waals surface area (Å²) in [4.78, 5) is 30.7. The van der Waals surface area contributed by atoms with Gasteiger partial charge in [-0.2, -0.15) is 0 Å². The van der Waals surface area contributed by atoms with Gasteiger partial charge in [-0.15, -0.1) is 11.3 Å². The number of carboxylic acid groups (broad SMARTS) is 1. The molecule has 2 aromatic rings. The van der Waals surface area contributed by atoms with Crippen LogP contribution in [0.3, 0.4) is 0 Å². The van der Waals surface area contributed by atoms with Gasteiger partial charge in [-0.3, -0.25) is 9.78 Å².